The van der Waals surface area contributed by atoms with Gasteiger partial charge in [0.25, 0.3) is 0 Å². The fourth-order valence-corrected chi connectivity index (χ4v) is 10.8. The number of esters is 3. The Morgan fingerprint density at radius 1 is 0.256 bits per heavy atom. The van der Waals surface area contributed by atoms with Gasteiger partial charge < -0.3 is 14.2 Å². The normalized spacial score (nSPS) is 12.4. The molecule has 0 aliphatic heterocycles. The molecule has 82 heavy (non-hydrogen) atoms. The Bertz CT molecular complexity index is 1460. The predicted molar refractivity (Wildman–Crippen MR) is 358 cm³/mol. The second-order valence-corrected chi connectivity index (χ2v) is 24.5. The van der Waals surface area contributed by atoms with Gasteiger partial charge in [-0.3, -0.25) is 14.4 Å². The number of allylic oxidation sites excluding steroid dienone is 10. The van der Waals surface area contributed by atoms with Crippen molar-refractivity contribution in [2.24, 2.45) is 0 Å². The molecule has 6 heteroatoms. The Kier molecular flexibility index (Phi) is 68.1. The molecular formula is C76H138O6. The van der Waals surface area contributed by atoms with E-state index < -0.39 is 6.10 Å². The molecule has 0 aromatic carbocycles. The average molecular weight is 1150 g/mol. The lowest BCUT2D eigenvalue weighted by Gasteiger charge is -2.18. The van der Waals surface area contributed by atoms with Gasteiger partial charge in [0.2, 0.25) is 0 Å². The van der Waals surface area contributed by atoms with Crippen molar-refractivity contribution in [1.82, 2.24) is 0 Å². The van der Waals surface area contributed by atoms with Gasteiger partial charge >= 0.3 is 17.9 Å². The third-order valence-electron chi connectivity index (χ3n) is 16.3. The molecule has 0 bridgehead atoms. The van der Waals surface area contributed by atoms with Crippen LogP contribution in [0.15, 0.2) is 60.8 Å². The Morgan fingerprint density at radius 3 is 0.756 bits per heavy atom. The van der Waals surface area contributed by atoms with Gasteiger partial charge in [-0.05, 0) is 83.5 Å². The zero-order chi connectivity index (χ0) is 59.2. The van der Waals surface area contributed by atoms with Crippen LogP contribution in [0.5, 0.6) is 0 Å². The van der Waals surface area contributed by atoms with Gasteiger partial charge in [-0.25, -0.2) is 0 Å². The maximum Gasteiger partial charge on any atom is 0.306 e. The molecular weight excluding hydrogens is 1010 g/mol. The molecule has 0 aromatic rings. The van der Waals surface area contributed by atoms with Gasteiger partial charge in [-0.15, -0.1) is 0 Å². The number of carbonyl (C=O) groups is 3. The molecule has 1 atom stereocenters. The number of hydrogen-bond donors (Lipinski definition) is 0. The Morgan fingerprint density at radius 2 is 0.476 bits per heavy atom. The van der Waals surface area contributed by atoms with Crippen LogP contribution >= 0.6 is 0 Å². The number of ether oxygens (including phenoxy) is 3. The molecule has 0 saturated carbocycles. The summed E-state index contributed by atoms with van der Waals surface area (Å²) >= 11 is 0. The van der Waals surface area contributed by atoms with Gasteiger partial charge in [0.15, 0.2) is 6.10 Å². The Labute approximate surface area is 510 Å². The third kappa shape index (κ3) is 67.9. The van der Waals surface area contributed by atoms with Crippen molar-refractivity contribution >= 4 is 17.9 Å². The van der Waals surface area contributed by atoms with E-state index in [9.17, 15) is 14.4 Å². The van der Waals surface area contributed by atoms with Crippen molar-refractivity contribution in [1.29, 1.82) is 0 Å². The van der Waals surface area contributed by atoms with Crippen LogP contribution in [0.2, 0.25) is 0 Å². The standard InChI is InChI=1S/C76H138O6/c1-4-7-10-13-16-19-22-25-28-30-32-33-34-35-36-37-38-39-40-41-42-43-44-46-48-51-54-57-60-63-66-69-75(78)81-72-73(71-80-74(77)68-65-62-59-56-53-50-47-27-24-21-18-15-12-9-6-3)82-76(79)70-67-64-61-58-55-52-49-45-31-29-26-23-20-17-14-11-8-5-2/h7,10,16,19,25,28-29,31-33,73H,4-6,8-9,11-15,17-18,20-24,26-27,30,34-72H2,1-3H3/b10-7-,19-16-,28-25-,31-29-,33-32-. The summed E-state index contributed by atoms with van der Waals surface area (Å²) in [4.78, 5) is 38.5. The number of unbranched alkanes of at least 4 members (excludes halogenated alkanes) is 46. The fourth-order valence-electron chi connectivity index (χ4n) is 10.8. The van der Waals surface area contributed by atoms with Crippen molar-refractivity contribution in [2.45, 2.75) is 393 Å². The van der Waals surface area contributed by atoms with E-state index in [0.29, 0.717) is 19.3 Å². The van der Waals surface area contributed by atoms with Crippen molar-refractivity contribution in [2.75, 3.05) is 13.2 Å². The summed E-state index contributed by atoms with van der Waals surface area (Å²) in [7, 11) is 0. The van der Waals surface area contributed by atoms with E-state index in [4.69, 9.17) is 14.2 Å². The van der Waals surface area contributed by atoms with E-state index in [1.54, 1.807) is 0 Å². The largest absolute Gasteiger partial charge is 0.462 e. The number of rotatable bonds is 67. The highest BCUT2D eigenvalue weighted by Gasteiger charge is 2.19. The molecule has 0 aromatic heterocycles. The zero-order valence-corrected chi connectivity index (χ0v) is 55.0. The van der Waals surface area contributed by atoms with Crippen LogP contribution in [-0.2, 0) is 28.6 Å². The van der Waals surface area contributed by atoms with Gasteiger partial charge in [0.05, 0.1) is 0 Å². The van der Waals surface area contributed by atoms with E-state index in [1.165, 1.54) is 263 Å². The first kappa shape index (κ1) is 79.1. The first-order valence-electron chi connectivity index (χ1n) is 36.3. The van der Waals surface area contributed by atoms with E-state index in [1.807, 2.05) is 0 Å². The second-order valence-electron chi connectivity index (χ2n) is 24.5. The van der Waals surface area contributed by atoms with Gasteiger partial charge in [-0.2, -0.15) is 0 Å². The highest BCUT2D eigenvalue weighted by molar-refractivity contribution is 5.71. The molecule has 0 N–H and O–H groups in total. The average Bonchev–Trinajstić information content (AvgIpc) is 3.47. The minimum atomic E-state index is -0.774. The third-order valence-corrected chi connectivity index (χ3v) is 16.3. The first-order valence-corrected chi connectivity index (χ1v) is 36.3. The molecule has 0 aliphatic rings. The van der Waals surface area contributed by atoms with E-state index in [0.717, 1.165) is 83.5 Å². The Hall–Kier alpha value is -2.89. The van der Waals surface area contributed by atoms with Crippen LogP contribution in [0.4, 0.5) is 0 Å². The quantitative estimate of drug-likeness (QED) is 0.0261. The van der Waals surface area contributed by atoms with Crippen LogP contribution in [0.3, 0.4) is 0 Å². The summed E-state index contributed by atoms with van der Waals surface area (Å²) in [6, 6.07) is 0. The lowest BCUT2D eigenvalue weighted by molar-refractivity contribution is -0.167. The molecule has 1 unspecified atom stereocenters. The lowest BCUT2D eigenvalue weighted by Crippen LogP contribution is -2.30. The Balaban J connectivity index is 4.20. The molecule has 0 heterocycles. The van der Waals surface area contributed by atoms with Crippen LogP contribution < -0.4 is 0 Å². The van der Waals surface area contributed by atoms with Crippen LogP contribution in [0, 0.1) is 0 Å². The maximum absolute atomic E-state index is 12.9. The second kappa shape index (κ2) is 70.6. The highest BCUT2D eigenvalue weighted by Crippen LogP contribution is 2.18. The van der Waals surface area contributed by atoms with Gasteiger partial charge in [-0.1, -0.05) is 345 Å². The van der Waals surface area contributed by atoms with E-state index in [2.05, 4.69) is 81.5 Å². The zero-order valence-electron chi connectivity index (χ0n) is 55.0. The monoisotopic (exact) mass is 1150 g/mol. The van der Waals surface area contributed by atoms with Crippen LogP contribution in [0.25, 0.3) is 0 Å². The van der Waals surface area contributed by atoms with E-state index >= 15 is 0 Å². The summed E-state index contributed by atoms with van der Waals surface area (Å²) in [5.41, 5.74) is 0. The molecule has 0 radical (unpaired) electrons. The first-order chi connectivity index (χ1) is 40.5. The predicted octanol–water partition coefficient (Wildman–Crippen LogP) is 25.1. The number of hydrogen-bond acceptors (Lipinski definition) is 6. The SMILES string of the molecule is CC/C=C\C/C=C\C/C=C\C/C=C\CCCCCCCCCCCCCCCCCCCCC(=O)OCC(COC(=O)CCCCCCCCCCCCCCCCC)OC(=O)CCCCCCCCC/C=C\CCCCCCCCC. The highest BCUT2D eigenvalue weighted by atomic mass is 16.6. The summed E-state index contributed by atoms with van der Waals surface area (Å²) in [5, 5.41) is 0. The molecule has 0 fully saturated rings. The van der Waals surface area contributed by atoms with Crippen LogP contribution in [0.1, 0.15) is 387 Å². The van der Waals surface area contributed by atoms with E-state index in [-0.39, 0.29) is 31.1 Å². The van der Waals surface area contributed by atoms with Crippen molar-refractivity contribution < 1.29 is 28.6 Å². The molecule has 0 amide bonds. The molecule has 0 rings (SSSR count). The molecule has 0 saturated heterocycles. The summed E-state index contributed by atoms with van der Waals surface area (Å²) in [5.74, 6) is -0.845. The molecule has 0 spiro atoms. The number of carbonyl (C=O) groups excluding carboxylic acids is 3. The lowest BCUT2D eigenvalue weighted by atomic mass is 10.0. The van der Waals surface area contributed by atoms with Crippen molar-refractivity contribution in [3.63, 3.8) is 0 Å². The molecule has 478 valence electrons. The topological polar surface area (TPSA) is 78.9 Å². The summed E-state index contributed by atoms with van der Waals surface area (Å²) < 4.78 is 17.0. The van der Waals surface area contributed by atoms with Gasteiger partial charge in [0.1, 0.15) is 13.2 Å². The minimum absolute atomic E-state index is 0.0692. The summed E-state index contributed by atoms with van der Waals surface area (Å²) in [6.45, 7) is 6.59. The van der Waals surface area contributed by atoms with Crippen molar-refractivity contribution in [3.8, 4) is 0 Å². The molecule has 0 aliphatic carbocycles. The molecule has 6 nitrogen and oxygen atoms in total. The minimum Gasteiger partial charge on any atom is -0.462 e. The van der Waals surface area contributed by atoms with Crippen molar-refractivity contribution in [3.05, 3.63) is 60.8 Å². The fraction of sp³-hybridized carbons (Fsp3) is 0.829. The maximum atomic E-state index is 12.9. The smallest absolute Gasteiger partial charge is 0.306 e. The van der Waals surface area contributed by atoms with Gasteiger partial charge in [0, 0.05) is 19.3 Å². The summed E-state index contributed by atoms with van der Waals surface area (Å²) in [6.07, 6.45) is 91.1. The van der Waals surface area contributed by atoms with Crippen LogP contribution in [-0.4, -0.2) is 37.2 Å².